The molecule has 0 N–H and O–H groups in total. The number of hydrogen-bond acceptors (Lipinski definition) is 1. The molecule has 2 heteroatoms. The summed E-state index contributed by atoms with van der Waals surface area (Å²) in [6, 6.07) is 9.02. The first-order valence-electron chi connectivity index (χ1n) is 10.0. The van der Waals surface area contributed by atoms with Crippen LogP contribution in [-0.4, -0.2) is 17.4 Å². The number of aryl methyl sites for hydroxylation is 1. The molecule has 0 saturated heterocycles. The minimum Gasteiger partial charge on any atom is -0.335 e. The Kier molecular flexibility index (Phi) is 7.81. The lowest BCUT2D eigenvalue weighted by Gasteiger charge is -2.37. The first kappa shape index (κ1) is 19.0. The van der Waals surface area contributed by atoms with E-state index in [4.69, 9.17) is 0 Å². The molecule has 1 aliphatic carbocycles. The van der Waals surface area contributed by atoms with Crippen LogP contribution in [0.3, 0.4) is 0 Å². The summed E-state index contributed by atoms with van der Waals surface area (Å²) in [4.78, 5) is 15.0. The molecule has 24 heavy (non-hydrogen) atoms. The van der Waals surface area contributed by atoms with Gasteiger partial charge in [-0.1, -0.05) is 77.1 Å². The predicted octanol–water partition coefficient (Wildman–Crippen LogP) is 5.91. The maximum atomic E-state index is 12.8. The van der Waals surface area contributed by atoms with Crippen LogP contribution in [0.25, 0.3) is 0 Å². The Labute approximate surface area is 148 Å². The van der Waals surface area contributed by atoms with Crippen LogP contribution in [0.1, 0.15) is 89.3 Å². The Hall–Kier alpha value is -1.31. The fraction of sp³-hybridized carbons (Fsp3) is 0.682. The summed E-state index contributed by atoms with van der Waals surface area (Å²) in [7, 11) is 0. The maximum absolute atomic E-state index is 12.8. The van der Waals surface area contributed by atoms with Crippen molar-refractivity contribution in [1.29, 1.82) is 0 Å². The Morgan fingerprint density at radius 3 is 2.58 bits per heavy atom. The number of fused-ring (bicyclic) bond motifs is 1. The summed E-state index contributed by atoms with van der Waals surface area (Å²) in [6.07, 6.45) is 11.1. The van der Waals surface area contributed by atoms with Crippen LogP contribution in [0.15, 0.2) is 24.3 Å². The van der Waals surface area contributed by atoms with Gasteiger partial charge in [0.1, 0.15) is 0 Å². The van der Waals surface area contributed by atoms with Crippen molar-refractivity contribution in [3.63, 3.8) is 0 Å². The van der Waals surface area contributed by atoms with E-state index in [0.717, 1.165) is 25.8 Å². The molecule has 0 bridgehead atoms. The van der Waals surface area contributed by atoms with Crippen molar-refractivity contribution in [3.05, 3.63) is 35.4 Å². The Balaban J connectivity index is 2.03. The number of unbranched alkanes of at least 4 members (excludes halogenated alkanes) is 5. The van der Waals surface area contributed by atoms with E-state index < -0.39 is 0 Å². The van der Waals surface area contributed by atoms with E-state index in [9.17, 15) is 4.79 Å². The van der Waals surface area contributed by atoms with Gasteiger partial charge in [-0.2, -0.15) is 0 Å². The standard InChI is InChI=1S/C22H35NO/c1-4-5-6-7-8-11-17-23(22(24)18(2)3)21-16-12-14-19-13-9-10-15-20(19)21/h9-10,13,15,18,21H,4-8,11-12,14,16-17H2,1-3H3. The molecule has 1 aliphatic rings. The zero-order chi connectivity index (χ0) is 17.4. The summed E-state index contributed by atoms with van der Waals surface area (Å²) in [6.45, 7) is 7.24. The summed E-state index contributed by atoms with van der Waals surface area (Å²) in [5.41, 5.74) is 2.84. The van der Waals surface area contributed by atoms with Gasteiger partial charge in [-0.15, -0.1) is 0 Å². The molecule has 0 heterocycles. The van der Waals surface area contributed by atoms with E-state index in [1.54, 1.807) is 0 Å². The Bertz CT molecular complexity index is 508. The maximum Gasteiger partial charge on any atom is 0.225 e. The Morgan fingerprint density at radius 1 is 1.12 bits per heavy atom. The molecule has 0 fully saturated rings. The Morgan fingerprint density at radius 2 is 1.83 bits per heavy atom. The third kappa shape index (κ3) is 5.09. The molecular weight excluding hydrogens is 294 g/mol. The lowest BCUT2D eigenvalue weighted by Crippen LogP contribution is -2.39. The lowest BCUT2D eigenvalue weighted by molar-refractivity contribution is -0.137. The van der Waals surface area contributed by atoms with Crippen molar-refractivity contribution in [3.8, 4) is 0 Å². The second kappa shape index (κ2) is 9.86. The molecule has 0 radical (unpaired) electrons. The first-order chi connectivity index (χ1) is 11.6. The summed E-state index contributed by atoms with van der Waals surface area (Å²) < 4.78 is 0. The van der Waals surface area contributed by atoms with Crippen LogP contribution >= 0.6 is 0 Å². The molecule has 0 aromatic heterocycles. The van der Waals surface area contributed by atoms with Crippen LogP contribution in [0, 0.1) is 5.92 Å². The molecule has 1 aromatic rings. The first-order valence-corrected chi connectivity index (χ1v) is 10.0. The summed E-state index contributed by atoms with van der Waals surface area (Å²) >= 11 is 0. The highest BCUT2D eigenvalue weighted by Gasteiger charge is 2.29. The van der Waals surface area contributed by atoms with Crippen molar-refractivity contribution in [2.75, 3.05) is 6.54 Å². The normalized spacial score (nSPS) is 16.9. The molecule has 0 spiro atoms. The van der Waals surface area contributed by atoms with Gasteiger partial charge in [0.25, 0.3) is 0 Å². The molecule has 1 atom stereocenters. The van der Waals surface area contributed by atoms with E-state index >= 15 is 0 Å². The van der Waals surface area contributed by atoms with Gasteiger partial charge >= 0.3 is 0 Å². The second-order valence-corrected chi connectivity index (χ2v) is 7.56. The van der Waals surface area contributed by atoms with Gasteiger partial charge in [-0.05, 0) is 36.8 Å². The zero-order valence-electron chi connectivity index (χ0n) is 15.9. The van der Waals surface area contributed by atoms with Gasteiger partial charge in [0, 0.05) is 12.5 Å². The summed E-state index contributed by atoms with van der Waals surface area (Å²) in [5.74, 6) is 0.407. The predicted molar refractivity (Wildman–Crippen MR) is 102 cm³/mol. The third-order valence-electron chi connectivity index (χ3n) is 5.24. The highest BCUT2D eigenvalue weighted by atomic mass is 16.2. The molecule has 2 nitrogen and oxygen atoms in total. The minimum atomic E-state index is 0.0826. The molecule has 1 aromatic carbocycles. The highest BCUT2D eigenvalue weighted by molar-refractivity contribution is 5.78. The molecule has 0 saturated carbocycles. The van der Waals surface area contributed by atoms with Gasteiger partial charge in [0.05, 0.1) is 6.04 Å². The van der Waals surface area contributed by atoms with Crippen LogP contribution in [0.4, 0.5) is 0 Å². The van der Waals surface area contributed by atoms with Crippen molar-refractivity contribution >= 4 is 5.91 Å². The fourth-order valence-corrected chi connectivity index (χ4v) is 3.87. The second-order valence-electron chi connectivity index (χ2n) is 7.56. The average molecular weight is 330 g/mol. The largest absolute Gasteiger partial charge is 0.335 e. The smallest absolute Gasteiger partial charge is 0.225 e. The van der Waals surface area contributed by atoms with Gasteiger partial charge in [0.2, 0.25) is 5.91 Å². The van der Waals surface area contributed by atoms with Crippen LogP contribution in [0.5, 0.6) is 0 Å². The van der Waals surface area contributed by atoms with Crippen LogP contribution in [-0.2, 0) is 11.2 Å². The van der Waals surface area contributed by atoms with Crippen molar-refractivity contribution in [1.82, 2.24) is 4.90 Å². The highest BCUT2D eigenvalue weighted by Crippen LogP contribution is 2.35. The number of amides is 1. The number of carbonyl (C=O) groups excluding carboxylic acids is 1. The monoisotopic (exact) mass is 329 g/mol. The SMILES string of the molecule is CCCCCCCCN(C(=O)C(C)C)C1CCCc2ccccc21. The van der Waals surface area contributed by atoms with Crippen LogP contribution in [0.2, 0.25) is 0 Å². The number of carbonyl (C=O) groups is 1. The average Bonchev–Trinajstić information content (AvgIpc) is 2.60. The molecule has 134 valence electrons. The van der Waals surface area contributed by atoms with E-state index in [-0.39, 0.29) is 5.92 Å². The van der Waals surface area contributed by atoms with Gasteiger partial charge in [0.15, 0.2) is 0 Å². The topological polar surface area (TPSA) is 20.3 Å². The van der Waals surface area contributed by atoms with Gasteiger partial charge in [-0.25, -0.2) is 0 Å². The van der Waals surface area contributed by atoms with Crippen LogP contribution < -0.4 is 0 Å². The van der Waals surface area contributed by atoms with E-state index in [1.165, 1.54) is 49.7 Å². The number of hydrogen-bond donors (Lipinski definition) is 0. The van der Waals surface area contributed by atoms with E-state index in [1.807, 2.05) is 13.8 Å². The number of benzene rings is 1. The minimum absolute atomic E-state index is 0.0826. The third-order valence-corrected chi connectivity index (χ3v) is 5.24. The van der Waals surface area contributed by atoms with Crippen molar-refractivity contribution < 1.29 is 4.79 Å². The number of nitrogens with zero attached hydrogens (tertiary/aromatic N) is 1. The van der Waals surface area contributed by atoms with Crippen molar-refractivity contribution in [2.24, 2.45) is 5.92 Å². The molecule has 1 unspecified atom stereocenters. The van der Waals surface area contributed by atoms with E-state index in [0.29, 0.717) is 11.9 Å². The molecular formula is C22H35NO. The molecule has 0 aliphatic heterocycles. The van der Waals surface area contributed by atoms with Crippen molar-refractivity contribution in [2.45, 2.75) is 84.6 Å². The lowest BCUT2D eigenvalue weighted by atomic mass is 9.86. The van der Waals surface area contributed by atoms with E-state index in [2.05, 4.69) is 36.1 Å². The quantitative estimate of drug-likeness (QED) is 0.516. The fourth-order valence-electron chi connectivity index (χ4n) is 3.87. The summed E-state index contributed by atoms with van der Waals surface area (Å²) in [5, 5.41) is 0. The van der Waals surface area contributed by atoms with Gasteiger partial charge in [-0.3, -0.25) is 4.79 Å². The zero-order valence-corrected chi connectivity index (χ0v) is 15.9. The molecule has 2 rings (SSSR count). The number of rotatable bonds is 9. The molecule has 1 amide bonds. The van der Waals surface area contributed by atoms with Gasteiger partial charge < -0.3 is 4.90 Å².